The molecule has 0 heterocycles. The maximum atomic E-state index is 12.5. The third-order valence-electron chi connectivity index (χ3n) is 1.47. The zero-order valence-corrected chi connectivity index (χ0v) is 5.28. The largest absolute Gasteiger partial charge is 0.272 e. The van der Waals surface area contributed by atoms with Gasteiger partial charge in [-0.05, 0) is 6.42 Å². The van der Waals surface area contributed by atoms with Gasteiger partial charge in [0, 0.05) is 12.0 Å². The van der Waals surface area contributed by atoms with Crippen LogP contribution in [0.1, 0.15) is 12.8 Å². The van der Waals surface area contributed by atoms with Gasteiger partial charge in [-0.15, -0.1) is 0 Å². The molecule has 0 nitrogen and oxygen atoms in total. The summed E-state index contributed by atoms with van der Waals surface area (Å²) in [7, 11) is 0. The minimum Gasteiger partial charge on any atom is -0.242 e. The highest BCUT2D eigenvalue weighted by Crippen LogP contribution is 2.25. The Balaban J connectivity index is 2.78. The fraction of sp³-hybridized carbons (Fsp3) is 0.429. The van der Waals surface area contributed by atoms with Gasteiger partial charge in [-0.2, -0.15) is 8.78 Å². The van der Waals surface area contributed by atoms with Crippen molar-refractivity contribution in [2.75, 3.05) is 0 Å². The molecule has 0 amide bonds. The highest BCUT2D eigenvalue weighted by molar-refractivity contribution is 5.18. The lowest BCUT2D eigenvalue weighted by Crippen LogP contribution is -2.07. The molecule has 0 aliphatic heterocycles. The summed E-state index contributed by atoms with van der Waals surface area (Å²) in [4.78, 5) is 0. The van der Waals surface area contributed by atoms with Crippen LogP contribution in [-0.2, 0) is 0 Å². The fourth-order valence-electron chi connectivity index (χ4n) is 0.892. The van der Waals surface area contributed by atoms with Crippen LogP contribution in [0.2, 0.25) is 0 Å². The van der Waals surface area contributed by atoms with Crippen LogP contribution in [-0.4, -0.2) is 6.17 Å². The number of hydrogen-bond acceptors (Lipinski definition) is 0. The molecule has 0 bridgehead atoms. The van der Waals surface area contributed by atoms with E-state index in [0.29, 0.717) is 0 Å². The molecule has 0 aromatic rings. The van der Waals surface area contributed by atoms with Gasteiger partial charge in [-0.25, -0.2) is 4.39 Å². The zero-order chi connectivity index (χ0) is 7.56. The van der Waals surface area contributed by atoms with Gasteiger partial charge in [0.1, 0.15) is 6.17 Å². The molecule has 0 N–H and O–H groups in total. The number of allylic oxidation sites excluding steroid dienone is 3. The summed E-state index contributed by atoms with van der Waals surface area (Å²) in [6, 6.07) is 0. The molecule has 3 heteroatoms. The van der Waals surface area contributed by atoms with E-state index >= 15 is 0 Å². The second-order valence-electron chi connectivity index (χ2n) is 2.16. The first-order chi connectivity index (χ1) is 4.72. The Bertz CT molecular complexity index is 177. The molecular weight excluding hydrogens is 141 g/mol. The molecule has 0 saturated heterocycles. The molecule has 1 atom stereocenters. The van der Waals surface area contributed by atoms with Crippen molar-refractivity contribution in [1.29, 1.82) is 0 Å². The summed E-state index contributed by atoms with van der Waals surface area (Å²) in [6.45, 7) is 0. The lowest BCUT2D eigenvalue weighted by molar-refractivity contribution is 0.331. The van der Waals surface area contributed by atoms with Gasteiger partial charge < -0.3 is 0 Å². The Morgan fingerprint density at radius 1 is 1.40 bits per heavy atom. The van der Waals surface area contributed by atoms with Crippen LogP contribution in [0.25, 0.3) is 0 Å². The van der Waals surface area contributed by atoms with Gasteiger partial charge in [0.25, 0.3) is 6.08 Å². The number of rotatable bonds is 0. The monoisotopic (exact) mass is 148 g/mol. The molecule has 10 heavy (non-hydrogen) atoms. The summed E-state index contributed by atoms with van der Waals surface area (Å²) in [6.07, 6.45) is -0.0375. The van der Waals surface area contributed by atoms with Crippen molar-refractivity contribution < 1.29 is 13.2 Å². The van der Waals surface area contributed by atoms with Crippen molar-refractivity contribution in [3.8, 4) is 0 Å². The lowest BCUT2D eigenvalue weighted by atomic mass is 10.0. The van der Waals surface area contributed by atoms with Gasteiger partial charge in [-0.3, -0.25) is 0 Å². The van der Waals surface area contributed by atoms with Crippen LogP contribution in [0.4, 0.5) is 13.2 Å². The average Bonchev–Trinajstić information content (AvgIpc) is 1.88. The van der Waals surface area contributed by atoms with Crippen molar-refractivity contribution >= 4 is 0 Å². The first-order valence-corrected chi connectivity index (χ1v) is 3.05. The molecule has 1 rings (SSSR count). The molecule has 0 unspecified atom stereocenters. The van der Waals surface area contributed by atoms with Gasteiger partial charge >= 0.3 is 0 Å². The minimum absolute atomic E-state index is 0.0590. The van der Waals surface area contributed by atoms with Crippen molar-refractivity contribution in [3.63, 3.8) is 0 Å². The minimum atomic E-state index is -1.86. The molecule has 0 aromatic heterocycles. The Morgan fingerprint density at radius 3 is 2.50 bits per heavy atom. The van der Waals surface area contributed by atoms with Crippen LogP contribution in [0.3, 0.4) is 0 Å². The molecule has 1 aliphatic carbocycles. The van der Waals surface area contributed by atoms with Crippen LogP contribution in [0.15, 0.2) is 23.8 Å². The van der Waals surface area contributed by atoms with E-state index in [9.17, 15) is 13.2 Å². The van der Waals surface area contributed by atoms with Crippen LogP contribution < -0.4 is 0 Å². The van der Waals surface area contributed by atoms with E-state index in [-0.39, 0.29) is 18.4 Å². The average molecular weight is 148 g/mol. The van der Waals surface area contributed by atoms with Crippen LogP contribution >= 0.6 is 0 Å². The number of hydrogen-bond donors (Lipinski definition) is 0. The van der Waals surface area contributed by atoms with Crippen molar-refractivity contribution in [2.45, 2.75) is 19.0 Å². The topological polar surface area (TPSA) is 0 Å². The Kier molecular flexibility index (Phi) is 2.14. The highest BCUT2D eigenvalue weighted by Gasteiger charge is 2.18. The Morgan fingerprint density at radius 2 is 2.10 bits per heavy atom. The second kappa shape index (κ2) is 2.90. The molecule has 0 spiro atoms. The maximum Gasteiger partial charge on any atom is 0.272 e. The van der Waals surface area contributed by atoms with E-state index in [1.54, 1.807) is 12.2 Å². The summed E-state index contributed by atoms with van der Waals surface area (Å²) in [5.41, 5.74) is -0.359. The third-order valence-corrected chi connectivity index (χ3v) is 1.47. The van der Waals surface area contributed by atoms with E-state index in [1.807, 2.05) is 0 Å². The summed E-state index contributed by atoms with van der Waals surface area (Å²) in [5, 5.41) is 0. The van der Waals surface area contributed by atoms with E-state index in [4.69, 9.17) is 0 Å². The van der Waals surface area contributed by atoms with E-state index < -0.39 is 12.3 Å². The van der Waals surface area contributed by atoms with Gasteiger partial charge in [-0.1, -0.05) is 12.2 Å². The van der Waals surface area contributed by atoms with Gasteiger partial charge in [0.15, 0.2) is 0 Å². The quantitative estimate of drug-likeness (QED) is 0.463. The first kappa shape index (κ1) is 7.38. The molecule has 1 aliphatic rings. The Labute approximate surface area is 57.0 Å². The Hall–Kier alpha value is -0.730. The van der Waals surface area contributed by atoms with E-state index in [1.165, 1.54) is 0 Å². The van der Waals surface area contributed by atoms with Crippen molar-refractivity contribution in [2.24, 2.45) is 0 Å². The summed E-state index contributed by atoms with van der Waals surface area (Å²) < 4.78 is 36.1. The lowest BCUT2D eigenvalue weighted by Gasteiger charge is -2.11. The van der Waals surface area contributed by atoms with Gasteiger partial charge in [0.05, 0.1) is 0 Å². The zero-order valence-electron chi connectivity index (χ0n) is 5.28. The predicted molar refractivity (Wildman–Crippen MR) is 32.5 cm³/mol. The molecule has 0 saturated carbocycles. The SMILES string of the molecule is FC(F)=C1CC=CC[C@@H]1F. The maximum absolute atomic E-state index is 12.5. The fourth-order valence-corrected chi connectivity index (χ4v) is 0.892. The third kappa shape index (κ3) is 1.40. The molecule has 0 fully saturated rings. The second-order valence-corrected chi connectivity index (χ2v) is 2.16. The van der Waals surface area contributed by atoms with Crippen molar-refractivity contribution in [1.82, 2.24) is 0 Å². The standard InChI is InChI=1S/C7H7F3/c8-6-4-2-1-3-5(6)7(9)10/h1-2,6H,3-4H2/t6-/m0/s1. The van der Waals surface area contributed by atoms with E-state index in [0.717, 1.165) is 0 Å². The van der Waals surface area contributed by atoms with Crippen molar-refractivity contribution in [3.05, 3.63) is 23.8 Å². The molecule has 56 valence electrons. The van der Waals surface area contributed by atoms with E-state index in [2.05, 4.69) is 0 Å². The smallest absolute Gasteiger partial charge is 0.242 e. The summed E-state index contributed by atoms with van der Waals surface area (Å²) >= 11 is 0. The molecule has 0 aromatic carbocycles. The predicted octanol–water partition coefficient (Wildman–Crippen LogP) is 2.83. The van der Waals surface area contributed by atoms with Gasteiger partial charge in [0.2, 0.25) is 0 Å². The number of halogens is 3. The van der Waals surface area contributed by atoms with Crippen LogP contribution in [0.5, 0.6) is 0 Å². The highest BCUT2D eigenvalue weighted by atomic mass is 19.3. The molecule has 0 radical (unpaired) electrons. The molecular formula is C7H7F3. The first-order valence-electron chi connectivity index (χ1n) is 3.05. The normalized spacial score (nSPS) is 25.1. The number of alkyl halides is 1. The summed E-state index contributed by atoms with van der Waals surface area (Å²) in [5.74, 6) is 0. The van der Waals surface area contributed by atoms with Crippen LogP contribution in [0, 0.1) is 0 Å².